The van der Waals surface area contributed by atoms with Crippen molar-refractivity contribution >= 4 is 11.5 Å². The Morgan fingerprint density at radius 2 is 2.38 bits per heavy atom. The van der Waals surface area contributed by atoms with Gasteiger partial charge >= 0.3 is 0 Å². The highest BCUT2D eigenvalue weighted by Crippen LogP contribution is 2.31. The first-order valence-corrected chi connectivity index (χ1v) is 5.74. The summed E-state index contributed by atoms with van der Waals surface area (Å²) in [5, 5.41) is 6.76. The minimum absolute atomic E-state index is 0.485. The molecule has 2 heterocycles. The van der Waals surface area contributed by atoms with Crippen LogP contribution in [0.4, 0.5) is 11.5 Å². The lowest BCUT2D eigenvalue weighted by atomic mass is 10.1. The van der Waals surface area contributed by atoms with Gasteiger partial charge < -0.3 is 15.4 Å². The average molecular weight is 222 g/mol. The van der Waals surface area contributed by atoms with Crippen molar-refractivity contribution in [2.45, 2.75) is 32.2 Å². The SMILES string of the molecule is CCCC1CCNc2c(ncnc2OC)N1. The van der Waals surface area contributed by atoms with Gasteiger partial charge in [0.05, 0.1) is 7.11 Å². The number of hydrogen-bond donors (Lipinski definition) is 2. The van der Waals surface area contributed by atoms with Gasteiger partial charge in [-0.1, -0.05) is 13.3 Å². The Hall–Kier alpha value is -1.52. The van der Waals surface area contributed by atoms with Crippen molar-refractivity contribution in [3.05, 3.63) is 6.33 Å². The van der Waals surface area contributed by atoms with Crippen molar-refractivity contribution in [1.29, 1.82) is 0 Å². The van der Waals surface area contributed by atoms with E-state index in [2.05, 4.69) is 27.5 Å². The number of methoxy groups -OCH3 is 1. The molecular formula is C11H18N4O. The summed E-state index contributed by atoms with van der Waals surface area (Å²) in [6, 6.07) is 0.485. The van der Waals surface area contributed by atoms with E-state index in [1.54, 1.807) is 7.11 Å². The fourth-order valence-electron chi connectivity index (χ4n) is 1.99. The highest BCUT2D eigenvalue weighted by atomic mass is 16.5. The van der Waals surface area contributed by atoms with Gasteiger partial charge in [0.2, 0.25) is 5.88 Å². The molecule has 0 saturated heterocycles. The number of anilines is 2. The van der Waals surface area contributed by atoms with E-state index < -0.39 is 0 Å². The van der Waals surface area contributed by atoms with E-state index in [9.17, 15) is 0 Å². The molecule has 0 saturated carbocycles. The third-order valence-corrected chi connectivity index (χ3v) is 2.78. The predicted molar refractivity (Wildman–Crippen MR) is 64.0 cm³/mol. The summed E-state index contributed by atoms with van der Waals surface area (Å²) in [5.74, 6) is 1.46. The second-order valence-corrected chi connectivity index (χ2v) is 3.95. The minimum atomic E-state index is 0.485. The fourth-order valence-corrected chi connectivity index (χ4v) is 1.99. The smallest absolute Gasteiger partial charge is 0.242 e. The normalized spacial score (nSPS) is 19.0. The number of ether oxygens (including phenoxy) is 1. The molecular weight excluding hydrogens is 204 g/mol. The Balaban J connectivity index is 2.23. The Morgan fingerprint density at radius 3 is 3.12 bits per heavy atom. The van der Waals surface area contributed by atoms with Crippen LogP contribution in [0.1, 0.15) is 26.2 Å². The molecule has 5 heteroatoms. The van der Waals surface area contributed by atoms with Crippen LogP contribution < -0.4 is 15.4 Å². The third-order valence-electron chi connectivity index (χ3n) is 2.78. The van der Waals surface area contributed by atoms with Crippen LogP contribution in [0, 0.1) is 0 Å². The van der Waals surface area contributed by atoms with E-state index in [1.165, 1.54) is 12.7 Å². The molecule has 0 fully saturated rings. The van der Waals surface area contributed by atoms with Gasteiger partial charge in [-0.15, -0.1) is 0 Å². The maximum atomic E-state index is 5.21. The second kappa shape index (κ2) is 5.01. The number of aromatic nitrogens is 2. The first kappa shape index (κ1) is 11.0. The molecule has 2 N–H and O–H groups in total. The summed E-state index contributed by atoms with van der Waals surface area (Å²) in [7, 11) is 1.62. The molecule has 0 aromatic carbocycles. The van der Waals surface area contributed by atoms with Crippen LogP contribution >= 0.6 is 0 Å². The predicted octanol–water partition coefficient (Wildman–Crippen LogP) is 1.88. The lowest BCUT2D eigenvalue weighted by molar-refractivity contribution is 0.399. The number of nitrogens with one attached hydrogen (secondary N) is 2. The summed E-state index contributed by atoms with van der Waals surface area (Å²) in [6.45, 7) is 3.12. The van der Waals surface area contributed by atoms with Gasteiger partial charge in [-0.2, -0.15) is 4.98 Å². The summed E-state index contributed by atoms with van der Waals surface area (Å²) in [4.78, 5) is 8.34. The maximum Gasteiger partial charge on any atom is 0.242 e. The zero-order valence-electron chi connectivity index (χ0n) is 9.79. The van der Waals surface area contributed by atoms with Crippen LogP contribution in [-0.4, -0.2) is 29.7 Å². The first-order chi connectivity index (χ1) is 7.85. The second-order valence-electron chi connectivity index (χ2n) is 3.95. The van der Waals surface area contributed by atoms with Crippen molar-refractivity contribution < 1.29 is 4.74 Å². The Bertz CT molecular complexity index is 356. The molecule has 0 spiro atoms. The number of nitrogens with zero attached hydrogens (tertiary/aromatic N) is 2. The van der Waals surface area contributed by atoms with Crippen LogP contribution in [0.25, 0.3) is 0 Å². The maximum absolute atomic E-state index is 5.21. The summed E-state index contributed by atoms with van der Waals surface area (Å²) >= 11 is 0. The number of rotatable bonds is 3. The van der Waals surface area contributed by atoms with Gasteiger partial charge in [0.1, 0.15) is 12.0 Å². The summed E-state index contributed by atoms with van der Waals surface area (Å²) in [6.07, 6.45) is 4.96. The Morgan fingerprint density at radius 1 is 1.50 bits per heavy atom. The summed E-state index contributed by atoms with van der Waals surface area (Å²) in [5.41, 5.74) is 0.878. The summed E-state index contributed by atoms with van der Waals surface area (Å²) < 4.78 is 5.21. The van der Waals surface area contributed by atoms with Crippen LogP contribution in [0.5, 0.6) is 5.88 Å². The van der Waals surface area contributed by atoms with Crippen molar-refractivity contribution in [3.63, 3.8) is 0 Å². The third kappa shape index (κ3) is 2.18. The van der Waals surface area contributed by atoms with Crippen molar-refractivity contribution in [2.75, 3.05) is 24.3 Å². The molecule has 5 nitrogen and oxygen atoms in total. The average Bonchev–Trinajstić information content (AvgIpc) is 2.50. The standard InChI is InChI=1S/C11H18N4O/c1-3-4-8-5-6-12-9-10(15-8)13-7-14-11(9)16-2/h7-8,12H,3-6H2,1-2H3,(H,13,14,15). The van der Waals surface area contributed by atoms with Crippen molar-refractivity contribution in [1.82, 2.24) is 9.97 Å². The molecule has 1 aromatic heterocycles. The topological polar surface area (TPSA) is 59.1 Å². The monoisotopic (exact) mass is 222 g/mol. The largest absolute Gasteiger partial charge is 0.479 e. The molecule has 1 aromatic rings. The quantitative estimate of drug-likeness (QED) is 0.817. The minimum Gasteiger partial charge on any atom is -0.479 e. The zero-order chi connectivity index (χ0) is 11.4. The van der Waals surface area contributed by atoms with Crippen LogP contribution in [0.2, 0.25) is 0 Å². The van der Waals surface area contributed by atoms with Gasteiger partial charge in [-0.3, -0.25) is 0 Å². The molecule has 88 valence electrons. The van der Waals surface area contributed by atoms with Crippen LogP contribution in [-0.2, 0) is 0 Å². The first-order valence-electron chi connectivity index (χ1n) is 5.74. The molecule has 0 bridgehead atoms. The van der Waals surface area contributed by atoms with Crippen molar-refractivity contribution in [2.24, 2.45) is 0 Å². The van der Waals surface area contributed by atoms with E-state index in [0.29, 0.717) is 11.9 Å². The lowest BCUT2D eigenvalue weighted by Gasteiger charge is -2.15. The van der Waals surface area contributed by atoms with E-state index >= 15 is 0 Å². The lowest BCUT2D eigenvalue weighted by Crippen LogP contribution is -2.19. The van der Waals surface area contributed by atoms with Gasteiger partial charge in [0.25, 0.3) is 0 Å². The van der Waals surface area contributed by atoms with Gasteiger partial charge in [0.15, 0.2) is 5.82 Å². The number of fused-ring (bicyclic) bond motifs is 1. The molecule has 1 atom stereocenters. The van der Waals surface area contributed by atoms with Crippen LogP contribution in [0.15, 0.2) is 6.33 Å². The van der Waals surface area contributed by atoms with Crippen LogP contribution in [0.3, 0.4) is 0 Å². The number of hydrogen-bond acceptors (Lipinski definition) is 5. The molecule has 0 amide bonds. The fraction of sp³-hybridized carbons (Fsp3) is 0.636. The highest BCUT2D eigenvalue weighted by molar-refractivity contribution is 5.70. The highest BCUT2D eigenvalue weighted by Gasteiger charge is 2.19. The molecule has 0 radical (unpaired) electrons. The molecule has 1 aliphatic heterocycles. The molecule has 1 unspecified atom stereocenters. The van der Waals surface area contributed by atoms with E-state index in [1.807, 2.05) is 0 Å². The van der Waals surface area contributed by atoms with E-state index in [-0.39, 0.29) is 0 Å². The van der Waals surface area contributed by atoms with E-state index in [0.717, 1.165) is 30.9 Å². The molecule has 16 heavy (non-hydrogen) atoms. The Kier molecular flexibility index (Phi) is 3.44. The molecule has 1 aliphatic rings. The Labute approximate surface area is 95.6 Å². The van der Waals surface area contributed by atoms with Gasteiger partial charge in [0, 0.05) is 12.6 Å². The van der Waals surface area contributed by atoms with Gasteiger partial charge in [-0.05, 0) is 12.8 Å². The zero-order valence-corrected chi connectivity index (χ0v) is 9.79. The van der Waals surface area contributed by atoms with Crippen molar-refractivity contribution in [3.8, 4) is 5.88 Å². The van der Waals surface area contributed by atoms with E-state index in [4.69, 9.17) is 4.74 Å². The molecule has 0 aliphatic carbocycles. The van der Waals surface area contributed by atoms with Gasteiger partial charge in [-0.25, -0.2) is 4.98 Å². The molecule has 2 rings (SSSR count).